The Balaban J connectivity index is 2.86. The minimum Gasteiger partial charge on any atom is -0.497 e. The van der Waals surface area contributed by atoms with Crippen LogP contribution in [0.15, 0.2) is 24.3 Å². The lowest BCUT2D eigenvalue weighted by molar-refractivity contribution is -0.142. The molecule has 1 unspecified atom stereocenters. The van der Waals surface area contributed by atoms with Crippen LogP contribution in [0.1, 0.15) is 44.6 Å². The number of ether oxygens (including phenoxy) is 1. The predicted molar refractivity (Wildman–Crippen MR) is 85.1 cm³/mol. The molecule has 0 heterocycles. The Morgan fingerprint density at radius 3 is 2.09 bits per heavy atom. The first-order valence-corrected chi connectivity index (χ1v) is 7.68. The number of benzene rings is 1. The van der Waals surface area contributed by atoms with Crippen molar-refractivity contribution in [2.75, 3.05) is 20.2 Å². The van der Waals surface area contributed by atoms with Gasteiger partial charge in [-0.25, -0.2) is 0 Å². The second-order valence-electron chi connectivity index (χ2n) is 5.25. The maximum atomic E-state index is 12.4. The third-order valence-electron chi connectivity index (χ3n) is 3.53. The lowest BCUT2D eigenvalue weighted by Crippen LogP contribution is -2.34. The van der Waals surface area contributed by atoms with Gasteiger partial charge in [0.15, 0.2) is 0 Å². The van der Waals surface area contributed by atoms with E-state index in [0.717, 1.165) is 12.8 Å². The van der Waals surface area contributed by atoms with Gasteiger partial charge in [-0.05, 0) is 30.5 Å². The van der Waals surface area contributed by atoms with Crippen molar-refractivity contribution in [1.29, 1.82) is 0 Å². The molecule has 1 N–H and O–H groups in total. The molecule has 1 aromatic rings. The summed E-state index contributed by atoms with van der Waals surface area (Å²) in [5.74, 6) is -1.24. The highest BCUT2D eigenvalue weighted by Gasteiger charge is 2.25. The first-order chi connectivity index (χ1) is 10.5. The monoisotopic (exact) mass is 307 g/mol. The Morgan fingerprint density at radius 1 is 1.14 bits per heavy atom. The highest BCUT2D eigenvalue weighted by atomic mass is 16.5. The molecule has 1 amide bonds. The molecule has 0 radical (unpaired) electrons. The van der Waals surface area contributed by atoms with Crippen LogP contribution < -0.4 is 4.74 Å². The van der Waals surface area contributed by atoms with E-state index in [1.54, 1.807) is 36.3 Å². The summed E-state index contributed by atoms with van der Waals surface area (Å²) in [6.45, 7) is 5.35. The van der Waals surface area contributed by atoms with E-state index in [1.807, 2.05) is 13.8 Å². The van der Waals surface area contributed by atoms with Crippen LogP contribution in [0.25, 0.3) is 0 Å². The normalized spacial score (nSPS) is 11.8. The average Bonchev–Trinajstić information content (AvgIpc) is 2.52. The molecule has 0 fully saturated rings. The van der Waals surface area contributed by atoms with Crippen molar-refractivity contribution in [3.63, 3.8) is 0 Å². The topological polar surface area (TPSA) is 66.8 Å². The van der Waals surface area contributed by atoms with Crippen molar-refractivity contribution in [2.45, 2.75) is 39.0 Å². The molecule has 0 saturated carbocycles. The number of rotatable bonds is 9. The first kappa shape index (κ1) is 18.0. The summed E-state index contributed by atoms with van der Waals surface area (Å²) in [5, 5.41) is 9.44. The fraction of sp³-hybridized carbons (Fsp3) is 0.529. The first-order valence-electron chi connectivity index (χ1n) is 7.68. The lowest BCUT2D eigenvalue weighted by Gasteiger charge is -2.23. The Kier molecular flexibility index (Phi) is 7.43. The van der Waals surface area contributed by atoms with Gasteiger partial charge < -0.3 is 14.7 Å². The van der Waals surface area contributed by atoms with Crippen molar-refractivity contribution < 1.29 is 19.4 Å². The summed E-state index contributed by atoms with van der Waals surface area (Å²) in [6, 6.07) is 6.83. The summed E-state index contributed by atoms with van der Waals surface area (Å²) in [5.41, 5.74) is 0.620. The second-order valence-corrected chi connectivity index (χ2v) is 5.25. The van der Waals surface area contributed by atoms with Crippen molar-refractivity contribution >= 4 is 11.9 Å². The number of amides is 1. The van der Waals surface area contributed by atoms with Gasteiger partial charge in [-0.15, -0.1) is 0 Å². The highest BCUT2D eigenvalue weighted by Crippen LogP contribution is 2.23. The smallest absolute Gasteiger partial charge is 0.311 e. The van der Waals surface area contributed by atoms with E-state index < -0.39 is 11.9 Å². The van der Waals surface area contributed by atoms with Crippen LogP contribution >= 0.6 is 0 Å². The zero-order valence-corrected chi connectivity index (χ0v) is 13.5. The van der Waals surface area contributed by atoms with Crippen LogP contribution in [-0.2, 0) is 9.59 Å². The molecule has 1 aromatic carbocycles. The molecule has 1 atom stereocenters. The van der Waals surface area contributed by atoms with Crippen molar-refractivity contribution in [3.8, 4) is 5.75 Å². The second kappa shape index (κ2) is 9.07. The molecule has 0 aliphatic rings. The minimum absolute atomic E-state index is 0.0122. The van der Waals surface area contributed by atoms with Crippen LogP contribution in [0.5, 0.6) is 5.75 Å². The fourth-order valence-electron chi connectivity index (χ4n) is 2.39. The van der Waals surface area contributed by atoms with Gasteiger partial charge in [0, 0.05) is 19.5 Å². The Bertz CT molecular complexity index is 478. The molecule has 22 heavy (non-hydrogen) atoms. The zero-order valence-electron chi connectivity index (χ0n) is 13.5. The summed E-state index contributed by atoms with van der Waals surface area (Å²) < 4.78 is 5.07. The number of hydrogen-bond donors (Lipinski definition) is 1. The number of hydrogen-bond acceptors (Lipinski definition) is 3. The quantitative estimate of drug-likeness (QED) is 0.761. The standard InChI is InChI=1S/C17H25NO4/c1-4-10-18(11-5-2)16(19)12-15(17(20)21)13-6-8-14(22-3)9-7-13/h6-9,15H,4-5,10-12H2,1-3H3,(H,20,21). The molecule has 0 aliphatic heterocycles. The van der Waals surface area contributed by atoms with Gasteiger partial charge in [-0.1, -0.05) is 26.0 Å². The Hall–Kier alpha value is -2.04. The van der Waals surface area contributed by atoms with Crippen LogP contribution in [0.3, 0.4) is 0 Å². The summed E-state index contributed by atoms with van der Waals surface area (Å²) in [7, 11) is 1.56. The zero-order chi connectivity index (χ0) is 16.5. The van der Waals surface area contributed by atoms with E-state index >= 15 is 0 Å². The van der Waals surface area contributed by atoms with Crippen LogP contribution in [0, 0.1) is 0 Å². The van der Waals surface area contributed by atoms with Gasteiger partial charge in [0.2, 0.25) is 5.91 Å². The SMILES string of the molecule is CCCN(CCC)C(=O)CC(C(=O)O)c1ccc(OC)cc1. The Labute approximate surface area is 131 Å². The van der Waals surface area contributed by atoms with E-state index in [9.17, 15) is 14.7 Å². The summed E-state index contributed by atoms with van der Waals surface area (Å²) in [6.07, 6.45) is 1.72. The van der Waals surface area contributed by atoms with E-state index in [2.05, 4.69) is 0 Å². The van der Waals surface area contributed by atoms with E-state index in [1.165, 1.54) is 0 Å². The molecule has 0 saturated heterocycles. The van der Waals surface area contributed by atoms with Crippen molar-refractivity contribution in [2.24, 2.45) is 0 Å². The molecular weight excluding hydrogens is 282 g/mol. The molecule has 0 bridgehead atoms. The number of carbonyl (C=O) groups excluding carboxylic acids is 1. The Morgan fingerprint density at radius 2 is 1.68 bits per heavy atom. The molecule has 5 nitrogen and oxygen atoms in total. The summed E-state index contributed by atoms with van der Waals surface area (Å²) >= 11 is 0. The molecule has 0 aromatic heterocycles. The van der Waals surface area contributed by atoms with Gasteiger partial charge in [-0.2, -0.15) is 0 Å². The van der Waals surface area contributed by atoms with E-state index in [4.69, 9.17) is 4.74 Å². The average molecular weight is 307 g/mol. The van der Waals surface area contributed by atoms with Gasteiger partial charge in [0.1, 0.15) is 5.75 Å². The van der Waals surface area contributed by atoms with Gasteiger partial charge in [0.05, 0.1) is 13.0 Å². The largest absolute Gasteiger partial charge is 0.497 e. The van der Waals surface area contributed by atoms with Crippen molar-refractivity contribution in [1.82, 2.24) is 4.90 Å². The fourth-order valence-corrected chi connectivity index (χ4v) is 2.39. The molecule has 1 rings (SSSR count). The number of carboxylic acids is 1. The number of carboxylic acid groups (broad SMARTS) is 1. The number of aliphatic carboxylic acids is 1. The molecule has 0 spiro atoms. The maximum absolute atomic E-state index is 12.4. The minimum atomic E-state index is -0.980. The van der Waals surface area contributed by atoms with Gasteiger partial charge in [-0.3, -0.25) is 9.59 Å². The highest BCUT2D eigenvalue weighted by molar-refractivity contribution is 5.85. The van der Waals surface area contributed by atoms with Crippen LogP contribution in [0.4, 0.5) is 0 Å². The van der Waals surface area contributed by atoms with E-state index in [-0.39, 0.29) is 12.3 Å². The van der Waals surface area contributed by atoms with Gasteiger partial charge in [0.25, 0.3) is 0 Å². The predicted octanol–water partition coefficient (Wildman–Crippen LogP) is 2.90. The number of carbonyl (C=O) groups is 2. The van der Waals surface area contributed by atoms with E-state index in [0.29, 0.717) is 24.4 Å². The molecular formula is C17H25NO4. The molecule has 122 valence electrons. The molecule has 5 heteroatoms. The third kappa shape index (κ3) is 5.06. The lowest BCUT2D eigenvalue weighted by atomic mass is 9.95. The van der Waals surface area contributed by atoms with Crippen LogP contribution in [0.2, 0.25) is 0 Å². The number of nitrogens with zero attached hydrogens (tertiary/aromatic N) is 1. The maximum Gasteiger partial charge on any atom is 0.311 e. The third-order valence-corrected chi connectivity index (χ3v) is 3.53. The van der Waals surface area contributed by atoms with Crippen LogP contribution in [-0.4, -0.2) is 42.1 Å². The molecule has 0 aliphatic carbocycles. The van der Waals surface area contributed by atoms with Crippen molar-refractivity contribution in [3.05, 3.63) is 29.8 Å². The summed E-state index contributed by atoms with van der Waals surface area (Å²) in [4.78, 5) is 25.6. The van der Waals surface area contributed by atoms with Gasteiger partial charge >= 0.3 is 5.97 Å². The number of methoxy groups -OCH3 is 1.